The van der Waals surface area contributed by atoms with Gasteiger partial charge in [-0.2, -0.15) is 5.26 Å². The van der Waals surface area contributed by atoms with E-state index in [1.165, 1.54) is 0 Å². The third-order valence-electron chi connectivity index (χ3n) is 2.58. The van der Waals surface area contributed by atoms with Crippen molar-refractivity contribution in [3.8, 4) is 11.8 Å². The summed E-state index contributed by atoms with van der Waals surface area (Å²) in [6, 6.07) is 13.5. The fraction of sp³-hybridized carbons (Fsp3) is 0.0625. The molecule has 0 saturated carbocycles. The molecule has 4 heteroatoms. The smallest absolute Gasteiger partial charge is 0.211 e. The zero-order chi connectivity index (χ0) is 14.4. The Bertz CT molecular complexity index is 670. The van der Waals surface area contributed by atoms with Gasteiger partial charge < -0.3 is 4.74 Å². The van der Waals surface area contributed by atoms with Crippen molar-refractivity contribution >= 4 is 5.78 Å². The Labute approximate surface area is 117 Å². The highest BCUT2D eigenvalue weighted by Crippen LogP contribution is 2.15. The summed E-state index contributed by atoms with van der Waals surface area (Å²) >= 11 is 0. The molecule has 2 rings (SSSR count). The minimum atomic E-state index is -0.225. The van der Waals surface area contributed by atoms with Gasteiger partial charge in [-0.1, -0.05) is 18.7 Å². The van der Waals surface area contributed by atoms with Crippen molar-refractivity contribution in [2.45, 2.75) is 0 Å². The predicted molar refractivity (Wildman–Crippen MR) is 74.5 cm³/mol. The van der Waals surface area contributed by atoms with Crippen LogP contribution in [0.3, 0.4) is 0 Å². The van der Waals surface area contributed by atoms with Gasteiger partial charge in [0.15, 0.2) is 0 Å². The number of carbonyl (C=O) groups excluding carboxylic acids is 1. The van der Waals surface area contributed by atoms with Crippen LogP contribution in [0.4, 0.5) is 0 Å². The first-order valence-corrected chi connectivity index (χ1v) is 6.00. The predicted octanol–water partition coefficient (Wildman–Crippen LogP) is 2.75. The molecule has 1 heterocycles. The Balaban J connectivity index is 2.20. The summed E-state index contributed by atoms with van der Waals surface area (Å²) in [5.74, 6) is 0.442. The molecule has 0 spiro atoms. The van der Waals surface area contributed by atoms with Gasteiger partial charge in [-0.3, -0.25) is 4.79 Å². The van der Waals surface area contributed by atoms with Crippen LogP contribution in [0.1, 0.15) is 21.7 Å². The minimum absolute atomic E-state index is 0.224. The highest BCUT2D eigenvalue weighted by atomic mass is 16.5. The Morgan fingerprint density at radius 1 is 1.30 bits per heavy atom. The van der Waals surface area contributed by atoms with Gasteiger partial charge in [-0.05, 0) is 36.4 Å². The van der Waals surface area contributed by atoms with Crippen LogP contribution in [-0.2, 0) is 0 Å². The maximum atomic E-state index is 12.2. The molecule has 1 aromatic carbocycles. The molecule has 1 aromatic heterocycles. The zero-order valence-corrected chi connectivity index (χ0v) is 10.7. The van der Waals surface area contributed by atoms with Crippen LogP contribution >= 0.6 is 0 Å². The maximum absolute atomic E-state index is 12.2. The monoisotopic (exact) mass is 264 g/mol. The van der Waals surface area contributed by atoms with E-state index in [0.29, 0.717) is 17.9 Å². The van der Waals surface area contributed by atoms with E-state index in [1.807, 2.05) is 6.07 Å². The molecule has 0 fully saturated rings. The SMILES string of the molecule is C=CCOc1ccc(C(=O)c2cccc(C#N)n2)cc1. The van der Waals surface area contributed by atoms with E-state index in [-0.39, 0.29) is 17.2 Å². The number of ether oxygens (including phenoxy) is 1. The Morgan fingerprint density at radius 2 is 2.05 bits per heavy atom. The molecule has 0 aliphatic carbocycles. The van der Waals surface area contributed by atoms with Gasteiger partial charge in [0.2, 0.25) is 5.78 Å². The van der Waals surface area contributed by atoms with E-state index in [9.17, 15) is 4.79 Å². The van der Waals surface area contributed by atoms with Crippen molar-refractivity contribution in [2.75, 3.05) is 6.61 Å². The number of nitrogens with zero attached hydrogens (tertiary/aromatic N) is 2. The van der Waals surface area contributed by atoms with E-state index >= 15 is 0 Å². The molecule has 98 valence electrons. The number of hydrogen-bond donors (Lipinski definition) is 0. The van der Waals surface area contributed by atoms with Crippen molar-refractivity contribution in [1.82, 2.24) is 4.98 Å². The first-order chi connectivity index (χ1) is 9.74. The molecule has 2 aromatic rings. The summed E-state index contributed by atoms with van der Waals surface area (Å²) in [6.45, 7) is 3.98. The van der Waals surface area contributed by atoms with Crippen LogP contribution in [0.5, 0.6) is 5.75 Å². The molecule has 0 amide bonds. The molecule has 0 N–H and O–H groups in total. The second-order valence-corrected chi connectivity index (χ2v) is 3.97. The van der Waals surface area contributed by atoms with Crippen molar-refractivity contribution in [3.05, 3.63) is 72.1 Å². The number of ketones is 1. The van der Waals surface area contributed by atoms with E-state index < -0.39 is 0 Å². The third-order valence-corrected chi connectivity index (χ3v) is 2.58. The summed E-state index contributed by atoms with van der Waals surface area (Å²) in [5, 5.41) is 8.78. The van der Waals surface area contributed by atoms with Gasteiger partial charge in [-0.25, -0.2) is 4.98 Å². The third kappa shape index (κ3) is 3.09. The first kappa shape index (κ1) is 13.5. The lowest BCUT2D eigenvalue weighted by Crippen LogP contribution is -2.05. The number of pyridine rings is 1. The minimum Gasteiger partial charge on any atom is -0.490 e. The second kappa shape index (κ2) is 6.30. The van der Waals surface area contributed by atoms with Crippen LogP contribution in [0.15, 0.2) is 55.1 Å². The van der Waals surface area contributed by atoms with Crippen LogP contribution < -0.4 is 4.74 Å². The summed E-state index contributed by atoms with van der Waals surface area (Å²) in [4.78, 5) is 16.2. The van der Waals surface area contributed by atoms with Gasteiger partial charge in [0.1, 0.15) is 29.8 Å². The summed E-state index contributed by atoms with van der Waals surface area (Å²) in [6.07, 6.45) is 1.65. The summed E-state index contributed by atoms with van der Waals surface area (Å²) in [7, 11) is 0. The molecule has 0 atom stereocenters. The second-order valence-electron chi connectivity index (χ2n) is 3.97. The highest BCUT2D eigenvalue weighted by molar-refractivity contribution is 6.07. The fourth-order valence-corrected chi connectivity index (χ4v) is 1.63. The maximum Gasteiger partial charge on any atom is 0.211 e. The van der Waals surface area contributed by atoms with Gasteiger partial charge in [0.05, 0.1) is 0 Å². The van der Waals surface area contributed by atoms with Crippen molar-refractivity contribution < 1.29 is 9.53 Å². The summed E-state index contributed by atoms with van der Waals surface area (Å²) in [5.41, 5.74) is 0.976. The fourth-order valence-electron chi connectivity index (χ4n) is 1.63. The zero-order valence-electron chi connectivity index (χ0n) is 10.7. The number of benzene rings is 1. The molecular formula is C16H12N2O2. The Hall–Kier alpha value is -2.93. The van der Waals surface area contributed by atoms with Crippen LogP contribution in [-0.4, -0.2) is 17.4 Å². The van der Waals surface area contributed by atoms with E-state index in [4.69, 9.17) is 10.00 Å². The standard InChI is InChI=1S/C16H12N2O2/c1-2-10-20-14-8-6-12(7-9-14)16(19)15-5-3-4-13(11-17)18-15/h2-9H,1,10H2. The molecular weight excluding hydrogens is 252 g/mol. The Kier molecular flexibility index (Phi) is 4.25. The summed E-state index contributed by atoms with van der Waals surface area (Å²) < 4.78 is 5.34. The molecule has 0 bridgehead atoms. The van der Waals surface area contributed by atoms with E-state index in [0.717, 1.165) is 0 Å². The van der Waals surface area contributed by atoms with Gasteiger partial charge in [0.25, 0.3) is 0 Å². The molecule has 20 heavy (non-hydrogen) atoms. The van der Waals surface area contributed by atoms with Crippen molar-refractivity contribution in [2.24, 2.45) is 0 Å². The van der Waals surface area contributed by atoms with E-state index in [1.54, 1.807) is 48.5 Å². The lowest BCUT2D eigenvalue weighted by Gasteiger charge is -2.04. The molecule has 0 saturated heterocycles. The lowest BCUT2D eigenvalue weighted by atomic mass is 10.1. The molecule has 4 nitrogen and oxygen atoms in total. The number of carbonyl (C=O) groups is 1. The number of aromatic nitrogens is 1. The normalized spacial score (nSPS) is 9.55. The molecule has 0 unspecified atom stereocenters. The molecule has 0 radical (unpaired) electrons. The van der Waals surface area contributed by atoms with Gasteiger partial charge >= 0.3 is 0 Å². The highest BCUT2D eigenvalue weighted by Gasteiger charge is 2.11. The van der Waals surface area contributed by atoms with Crippen LogP contribution in [0, 0.1) is 11.3 Å². The average molecular weight is 264 g/mol. The number of hydrogen-bond acceptors (Lipinski definition) is 4. The largest absolute Gasteiger partial charge is 0.490 e. The molecule has 0 aliphatic heterocycles. The van der Waals surface area contributed by atoms with Gasteiger partial charge in [-0.15, -0.1) is 0 Å². The van der Waals surface area contributed by atoms with Gasteiger partial charge in [0, 0.05) is 5.56 Å². The quantitative estimate of drug-likeness (QED) is 0.615. The van der Waals surface area contributed by atoms with Crippen molar-refractivity contribution in [1.29, 1.82) is 5.26 Å². The Morgan fingerprint density at radius 3 is 2.70 bits per heavy atom. The first-order valence-electron chi connectivity index (χ1n) is 6.00. The van der Waals surface area contributed by atoms with E-state index in [2.05, 4.69) is 11.6 Å². The molecule has 0 aliphatic rings. The van der Waals surface area contributed by atoms with Crippen LogP contribution in [0.2, 0.25) is 0 Å². The number of rotatable bonds is 5. The lowest BCUT2D eigenvalue weighted by molar-refractivity contribution is 0.103. The topological polar surface area (TPSA) is 63.0 Å². The average Bonchev–Trinajstić information content (AvgIpc) is 2.52. The van der Waals surface area contributed by atoms with Crippen LogP contribution in [0.25, 0.3) is 0 Å². The van der Waals surface area contributed by atoms with Crippen molar-refractivity contribution in [3.63, 3.8) is 0 Å². The number of nitriles is 1.